The highest BCUT2D eigenvalue weighted by atomic mass is 16.5. The van der Waals surface area contributed by atoms with E-state index >= 15 is 0 Å². The molecule has 5 nitrogen and oxygen atoms in total. The summed E-state index contributed by atoms with van der Waals surface area (Å²) in [5.74, 6) is -0.176. The van der Waals surface area contributed by atoms with Crippen molar-refractivity contribution in [3.8, 4) is 0 Å². The van der Waals surface area contributed by atoms with Gasteiger partial charge in [0.2, 0.25) is 5.76 Å². The molecule has 2 fully saturated rings. The molecule has 1 atom stereocenters. The van der Waals surface area contributed by atoms with Crippen molar-refractivity contribution in [1.82, 2.24) is 4.98 Å². The normalized spacial score (nSPS) is 24.8. The Bertz CT molecular complexity index is 430. The van der Waals surface area contributed by atoms with Crippen LogP contribution in [0.1, 0.15) is 66.3 Å². The summed E-state index contributed by atoms with van der Waals surface area (Å²) in [6, 6.07) is 0. The number of hydrogen-bond acceptors (Lipinski definition) is 4. The molecule has 1 aromatic rings. The minimum atomic E-state index is -1.05. The predicted octanol–water partition coefficient (Wildman–Crippen LogP) is 2.49. The third-order valence-electron chi connectivity index (χ3n) is 3.28. The van der Waals surface area contributed by atoms with E-state index in [9.17, 15) is 4.79 Å². The molecule has 5 heteroatoms. The van der Waals surface area contributed by atoms with Crippen LogP contribution in [0, 0.1) is 0 Å². The molecule has 1 unspecified atom stereocenters. The van der Waals surface area contributed by atoms with E-state index in [2.05, 4.69) is 4.98 Å². The highest BCUT2D eigenvalue weighted by Crippen LogP contribution is 2.41. The van der Waals surface area contributed by atoms with Crippen LogP contribution < -0.4 is 0 Å². The standard InChI is InChI=1S/C12H15NO4/c14-12(15)10-9(8-3-1-2-6-16-8)13-11(17-10)7-4-5-7/h7-8H,1-6H2,(H,14,15). The number of aromatic carboxylic acids is 1. The Morgan fingerprint density at radius 1 is 1.29 bits per heavy atom. The summed E-state index contributed by atoms with van der Waals surface area (Å²) >= 11 is 0. The topological polar surface area (TPSA) is 72.6 Å². The van der Waals surface area contributed by atoms with Crippen molar-refractivity contribution < 1.29 is 19.1 Å². The fourth-order valence-corrected chi connectivity index (χ4v) is 2.18. The lowest BCUT2D eigenvalue weighted by molar-refractivity contribution is 0.0108. The largest absolute Gasteiger partial charge is 0.475 e. The number of ether oxygens (including phenoxy) is 1. The Labute approximate surface area is 98.8 Å². The van der Waals surface area contributed by atoms with Gasteiger partial charge in [0.15, 0.2) is 5.89 Å². The van der Waals surface area contributed by atoms with Crippen LogP contribution >= 0.6 is 0 Å². The van der Waals surface area contributed by atoms with Gasteiger partial charge in [-0.2, -0.15) is 0 Å². The Morgan fingerprint density at radius 3 is 2.71 bits per heavy atom. The van der Waals surface area contributed by atoms with Crippen molar-refractivity contribution in [3.63, 3.8) is 0 Å². The van der Waals surface area contributed by atoms with Gasteiger partial charge in [0, 0.05) is 12.5 Å². The smallest absolute Gasteiger partial charge is 0.373 e. The van der Waals surface area contributed by atoms with Crippen LogP contribution in [-0.2, 0) is 4.74 Å². The molecule has 2 heterocycles. The lowest BCUT2D eigenvalue weighted by Gasteiger charge is -2.20. The summed E-state index contributed by atoms with van der Waals surface area (Å²) in [5.41, 5.74) is 0.485. The zero-order valence-corrected chi connectivity index (χ0v) is 9.52. The van der Waals surface area contributed by atoms with Gasteiger partial charge < -0.3 is 14.3 Å². The first kappa shape index (κ1) is 10.8. The lowest BCUT2D eigenvalue weighted by Crippen LogP contribution is -2.14. The van der Waals surface area contributed by atoms with E-state index in [0.29, 0.717) is 24.1 Å². The predicted molar refractivity (Wildman–Crippen MR) is 58.0 cm³/mol. The first-order chi connectivity index (χ1) is 8.25. The molecule has 2 aliphatic rings. The van der Waals surface area contributed by atoms with Crippen molar-refractivity contribution in [1.29, 1.82) is 0 Å². The van der Waals surface area contributed by atoms with Gasteiger partial charge in [-0.3, -0.25) is 0 Å². The zero-order valence-electron chi connectivity index (χ0n) is 9.52. The van der Waals surface area contributed by atoms with Crippen molar-refractivity contribution in [2.24, 2.45) is 0 Å². The number of carboxylic acids is 1. The number of carbonyl (C=O) groups is 1. The number of oxazole rings is 1. The fourth-order valence-electron chi connectivity index (χ4n) is 2.18. The van der Waals surface area contributed by atoms with E-state index in [1.165, 1.54) is 0 Å². The fraction of sp³-hybridized carbons (Fsp3) is 0.667. The molecule has 0 aromatic carbocycles. The highest BCUT2D eigenvalue weighted by Gasteiger charge is 2.34. The van der Waals surface area contributed by atoms with Crippen molar-refractivity contribution in [2.45, 2.75) is 44.1 Å². The summed E-state index contributed by atoms with van der Waals surface area (Å²) < 4.78 is 10.9. The molecule has 0 amide bonds. The van der Waals surface area contributed by atoms with Crippen LogP contribution in [-0.4, -0.2) is 22.7 Å². The Hall–Kier alpha value is -1.36. The van der Waals surface area contributed by atoms with Crippen LogP contribution in [0.3, 0.4) is 0 Å². The summed E-state index contributed by atoms with van der Waals surface area (Å²) in [6.07, 6.45) is 4.80. The van der Waals surface area contributed by atoms with Gasteiger partial charge in [-0.15, -0.1) is 0 Å². The monoisotopic (exact) mass is 237 g/mol. The average molecular weight is 237 g/mol. The maximum Gasteiger partial charge on any atom is 0.373 e. The molecule has 92 valence electrons. The summed E-state index contributed by atoms with van der Waals surface area (Å²) in [4.78, 5) is 15.5. The molecule has 1 aliphatic carbocycles. The summed E-state index contributed by atoms with van der Waals surface area (Å²) in [5, 5.41) is 9.12. The molecule has 1 aliphatic heterocycles. The number of aromatic nitrogens is 1. The number of rotatable bonds is 3. The minimum absolute atomic E-state index is 0.0289. The first-order valence-corrected chi connectivity index (χ1v) is 6.11. The maximum atomic E-state index is 11.1. The Kier molecular flexibility index (Phi) is 2.63. The molecule has 1 saturated carbocycles. The Morgan fingerprint density at radius 2 is 2.12 bits per heavy atom. The van der Waals surface area contributed by atoms with E-state index in [4.69, 9.17) is 14.3 Å². The van der Waals surface area contributed by atoms with Crippen LogP contribution in [0.2, 0.25) is 0 Å². The van der Waals surface area contributed by atoms with Crippen LogP contribution in [0.4, 0.5) is 0 Å². The van der Waals surface area contributed by atoms with Crippen molar-refractivity contribution >= 4 is 5.97 Å². The minimum Gasteiger partial charge on any atom is -0.475 e. The van der Waals surface area contributed by atoms with Crippen LogP contribution in [0.5, 0.6) is 0 Å². The highest BCUT2D eigenvalue weighted by molar-refractivity contribution is 5.85. The van der Waals surface area contributed by atoms with E-state index in [0.717, 1.165) is 32.1 Å². The van der Waals surface area contributed by atoms with Crippen LogP contribution in [0.15, 0.2) is 4.42 Å². The molecule has 0 radical (unpaired) electrons. The summed E-state index contributed by atoms with van der Waals surface area (Å²) in [6.45, 7) is 0.676. The average Bonchev–Trinajstić information content (AvgIpc) is 3.09. The van der Waals surface area contributed by atoms with E-state index in [-0.39, 0.29) is 11.9 Å². The SMILES string of the molecule is O=C(O)c1oc(C2CC2)nc1C1CCCCO1. The van der Waals surface area contributed by atoms with Gasteiger partial charge in [0.1, 0.15) is 11.8 Å². The van der Waals surface area contributed by atoms with Gasteiger partial charge in [0.05, 0.1) is 0 Å². The Balaban J connectivity index is 1.91. The first-order valence-electron chi connectivity index (χ1n) is 6.11. The molecule has 0 spiro atoms. The molecule has 3 rings (SSSR count). The maximum absolute atomic E-state index is 11.1. The number of nitrogens with zero attached hydrogens (tertiary/aromatic N) is 1. The number of carboxylic acid groups (broad SMARTS) is 1. The zero-order chi connectivity index (χ0) is 11.8. The van der Waals surface area contributed by atoms with Gasteiger partial charge >= 0.3 is 5.97 Å². The molecule has 1 saturated heterocycles. The molecule has 1 aromatic heterocycles. The number of hydrogen-bond donors (Lipinski definition) is 1. The third kappa shape index (κ3) is 2.07. The van der Waals surface area contributed by atoms with Gasteiger partial charge in [0.25, 0.3) is 0 Å². The molecule has 1 N–H and O–H groups in total. The van der Waals surface area contributed by atoms with E-state index in [1.807, 2.05) is 0 Å². The van der Waals surface area contributed by atoms with Gasteiger partial charge in [-0.25, -0.2) is 9.78 Å². The third-order valence-corrected chi connectivity index (χ3v) is 3.28. The quantitative estimate of drug-likeness (QED) is 0.874. The van der Waals surface area contributed by atoms with E-state index < -0.39 is 5.97 Å². The van der Waals surface area contributed by atoms with Gasteiger partial charge in [-0.1, -0.05) is 0 Å². The second-order valence-corrected chi connectivity index (χ2v) is 4.70. The van der Waals surface area contributed by atoms with Crippen molar-refractivity contribution in [3.05, 3.63) is 17.3 Å². The van der Waals surface area contributed by atoms with Crippen molar-refractivity contribution in [2.75, 3.05) is 6.61 Å². The second kappa shape index (κ2) is 4.14. The molecular weight excluding hydrogens is 222 g/mol. The molecule has 17 heavy (non-hydrogen) atoms. The van der Waals surface area contributed by atoms with Crippen LogP contribution in [0.25, 0.3) is 0 Å². The molecule has 0 bridgehead atoms. The summed E-state index contributed by atoms with van der Waals surface area (Å²) in [7, 11) is 0. The lowest BCUT2D eigenvalue weighted by atomic mass is 10.1. The van der Waals surface area contributed by atoms with E-state index in [1.54, 1.807) is 0 Å². The second-order valence-electron chi connectivity index (χ2n) is 4.70. The molecular formula is C12H15NO4. The van der Waals surface area contributed by atoms with Gasteiger partial charge in [-0.05, 0) is 32.1 Å².